The summed E-state index contributed by atoms with van der Waals surface area (Å²) in [4.78, 5) is 19.2. The monoisotopic (exact) mass is 371 g/mol. The van der Waals surface area contributed by atoms with Crippen molar-refractivity contribution >= 4 is 22.4 Å². The summed E-state index contributed by atoms with van der Waals surface area (Å²) < 4.78 is 0. The zero-order valence-electron chi connectivity index (χ0n) is 15.8. The van der Waals surface area contributed by atoms with Gasteiger partial charge in [0, 0.05) is 24.9 Å². The molecule has 26 heavy (non-hydrogen) atoms. The van der Waals surface area contributed by atoms with Crippen LogP contribution < -0.4 is 5.32 Å². The number of carbonyl (C=O) groups is 1. The first-order valence-corrected chi connectivity index (χ1v) is 10.5. The van der Waals surface area contributed by atoms with Gasteiger partial charge < -0.3 is 5.32 Å². The van der Waals surface area contributed by atoms with Crippen LogP contribution in [0.1, 0.15) is 49.4 Å². The van der Waals surface area contributed by atoms with Gasteiger partial charge in [-0.3, -0.25) is 9.69 Å². The van der Waals surface area contributed by atoms with Crippen LogP contribution in [0.5, 0.6) is 0 Å². The quantitative estimate of drug-likeness (QED) is 0.771. The Kier molecular flexibility index (Phi) is 6.80. The largest absolute Gasteiger partial charge is 0.302 e. The molecule has 3 rings (SSSR count). The molecule has 0 aliphatic carbocycles. The van der Waals surface area contributed by atoms with Crippen LogP contribution in [0.3, 0.4) is 0 Å². The molecule has 140 valence electrons. The van der Waals surface area contributed by atoms with Gasteiger partial charge in [-0.2, -0.15) is 0 Å². The van der Waals surface area contributed by atoms with Crippen LogP contribution in [0.2, 0.25) is 0 Å². The van der Waals surface area contributed by atoms with Crippen molar-refractivity contribution in [3.05, 3.63) is 46.5 Å². The normalized spacial score (nSPS) is 18.0. The van der Waals surface area contributed by atoms with E-state index in [1.54, 1.807) is 0 Å². The first-order chi connectivity index (χ1) is 12.6. The molecule has 1 aliphatic heterocycles. The van der Waals surface area contributed by atoms with Gasteiger partial charge in [0.25, 0.3) is 0 Å². The molecular weight excluding hydrogens is 342 g/mol. The third-order valence-electron chi connectivity index (χ3n) is 4.91. The maximum absolute atomic E-state index is 12.1. The minimum atomic E-state index is 0.0598. The number of rotatable bonds is 7. The number of aryl methyl sites for hydroxylation is 2. The molecule has 1 aromatic heterocycles. The number of benzene rings is 1. The molecule has 4 nitrogen and oxygen atoms in total. The van der Waals surface area contributed by atoms with Crippen molar-refractivity contribution < 1.29 is 4.79 Å². The van der Waals surface area contributed by atoms with Gasteiger partial charge in [0.1, 0.15) is 0 Å². The summed E-state index contributed by atoms with van der Waals surface area (Å²) in [6.45, 7) is 7.60. The molecule has 5 heteroatoms. The van der Waals surface area contributed by atoms with E-state index < -0.39 is 0 Å². The molecule has 0 saturated carbocycles. The van der Waals surface area contributed by atoms with Crippen molar-refractivity contribution in [2.24, 2.45) is 5.92 Å². The molecule has 2 aromatic rings. The van der Waals surface area contributed by atoms with E-state index in [2.05, 4.69) is 58.7 Å². The number of aromatic nitrogens is 1. The lowest BCUT2D eigenvalue weighted by Gasteiger charge is -2.30. The lowest BCUT2D eigenvalue weighted by atomic mass is 10.0. The molecule has 1 saturated heterocycles. The zero-order chi connectivity index (χ0) is 18.4. The Bertz CT molecular complexity index is 710. The third-order valence-corrected chi connectivity index (χ3v) is 5.72. The minimum Gasteiger partial charge on any atom is -0.302 e. The fraction of sp³-hybridized carbons (Fsp3) is 0.524. The van der Waals surface area contributed by atoms with E-state index in [4.69, 9.17) is 0 Å². The molecule has 0 radical (unpaired) electrons. The fourth-order valence-corrected chi connectivity index (χ4v) is 4.20. The highest BCUT2D eigenvalue weighted by Gasteiger charge is 2.17. The molecule has 2 heterocycles. The summed E-state index contributed by atoms with van der Waals surface area (Å²) in [6, 6.07) is 8.52. The van der Waals surface area contributed by atoms with Crippen LogP contribution in [0, 0.1) is 12.8 Å². The Balaban J connectivity index is 1.40. The average molecular weight is 372 g/mol. The molecule has 0 spiro atoms. The van der Waals surface area contributed by atoms with E-state index in [0.29, 0.717) is 6.42 Å². The molecule has 1 aliphatic rings. The molecule has 1 amide bonds. The van der Waals surface area contributed by atoms with Gasteiger partial charge in [0.2, 0.25) is 5.91 Å². The number of piperidine rings is 1. The van der Waals surface area contributed by atoms with Crippen LogP contribution in [0.25, 0.3) is 0 Å². The van der Waals surface area contributed by atoms with E-state index in [1.165, 1.54) is 35.3 Å². The summed E-state index contributed by atoms with van der Waals surface area (Å²) in [5.41, 5.74) is 3.62. The molecule has 1 atom stereocenters. The molecule has 1 aromatic carbocycles. The van der Waals surface area contributed by atoms with Crippen molar-refractivity contribution in [2.75, 3.05) is 18.4 Å². The highest BCUT2D eigenvalue weighted by Crippen LogP contribution is 2.21. The van der Waals surface area contributed by atoms with Gasteiger partial charge >= 0.3 is 0 Å². The predicted octanol–water partition coefficient (Wildman–Crippen LogP) is 4.64. The number of nitrogens with zero attached hydrogens (tertiary/aromatic N) is 2. The Morgan fingerprint density at radius 2 is 2.15 bits per heavy atom. The van der Waals surface area contributed by atoms with E-state index in [9.17, 15) is 4.79 Å². The van der Waals surface area contributed by atoms with E-state index >= 15 is 0 Å². The van der Waals surface area contributed by atoms with E-state index in [0.717, 1.165) is 49.2 Å². The van der Waals surface area contributed by atoms with Gasteiger partial charge in [-0.15, -0.1) is 11.3 Å². The Labute approximate surface area is 160 Å². The highest BCUT2D eigenvalue weighted by atomic mass is 32.1. The minimum absolute atomic E-state index is 0.0598. The number of thiazole rings is 1. The maximum Gasteiger partial charge on any atom is 0.226 e. The lowest BCUT2D eigenvalue weighted by Crippen LogP contribution is -2.33. The highest BCUT2D eigenvalue weighted by molar-refractivity contribution is 7.13. The number of nitrogens with one attached hydrogen (secondary N) is 1. The van der Waals surface area contributed by atoms with Crippen LogP contribution in [0.15, 0.2) is 29.6 Å². The summed E-state index contributed by atoms with van der Waals surface area (Å²) in [6.07, 6.45) is 4.93. The van der Waals surface area contributed by atoms with Crippen molar-refractivity contribution in [2.45, 2.75) is 52.5 Å². The SMILES string of the molecule is Cc1ccc(CCCC(=O)Nc2nc(CN3CCCC(C)C3)cs2)cc1. The second-order valence-electron chi connectivity index (χ2n) is 7.51. The van der Waals surface area contributed by atoms with Crippen LogP contribution >= 0.6 is 11.3 Å². The van der Waals surface area contributed by atoms with Crippen molar-refractivity contribution in [1.29, 1.82) is 0 Å². The Morgan fingerprint density at radius 3 is 2.92 bits per heavy atom. The number of carbonyl (C=O) groups excluding carboxylic acids is 1. The van der Waals surface area contributed by atoms with Gasteiger partial charge in [0.15, 0.2) is 5.13 Å². The van der Waals surface area contributed by atoms with Gasteiger partial charge in [-0.25, -0.2) is 4.98 Å². The summed E-state index contributed by atoms with van der Waals surface area (Å²) >= 11 is 1.53. The number of hydrogen-bond acceptors (Lipinski definition) is 4. The van der Waals surface area contributed by atoms with Gasteiger partial charge in [0.05, 0.1) is 5.69 Å². The average Bonchev–Trinajstić information content (AvgIpc) is 3.03. The number of anilines is 1. The van der Waals surface area contributed by atoms with E-state index in [1.807, 2.05) is 0 Å². The first kappa shape index (κ1) is 19.1. The zero-order valence-corrected chi connectivity index (χ0v) is 16.6. The molecule has 1 N–H and O–H groups in total. The Morgan fingerprint density at radius 1 is 1.35 bits per heavy atom. The summed E-state index contributed by atoms with van der Waals surface area (Å²) in [5, 5.41) is 5.75. The summed E-state index contributed by atoms with van der Waals surface area (Å²) in [7, 11) is 0. The first-order valence-electron chi connectivity index (χ1n) is 9.60. The lowest BCUT2D eigenvalue weighted by molar-refractivity contribution is -0.116. The molecular formula is C21H29N3OS. The van der Waals surface area contributed by atoms with Gasteiger partial charge in [-0.05, 0) is 50.6 Å². The fourth-order valence-electron chi connectivity index (χ4n) is 3.49. The standard InChI is InChI=1S/C21H29N3OS/c1-16-8-10-18(11-9-16)6-3-7-20(25)23-21-22-19(15-26-21)14-24-12-4-5-17(2)13-24/h8-11,15,17H,3-7,12-14H2,1-2H3,(H,22,23,25). The third kappa shape index (κ3) is 5.92. The van der Waals surface area contributed by atoms with Crippen LogP contribution in [-0.2, 0) is 17.8 Å². The van der Waals surface area contributed by atoms with Crippen LogP contribution in [0.4, 0.5) is 5.13 Å². The Hall–Kier alpha value is -1.72. The smallest absolute Gasteiger partial charge is 0.226 e. The predicted molar refractivity (Wildman–Crippen MR) is 109 cm³/mol. The maximum atomic E-state index is 12.1. The van der Waals surface area contributed by atoms with E-state index in [-0.39, 0.29) is 5.91 Å². The number of likely N-dealkylation sites (tertiary alicyclic amines) is 1. The second kappa shape index (κ2) is 9.28. The molecule has 0 bridgehead atoms. The number of amides is 1. The van der Waals surface area contributed by atoms with Crippen molar-refractivity contribution in [3.8, 4) is 0 Å². The van der Waals surface area contributed by atoms with Crippen molar-refractivity contribution in [3.63, 3.8) is 0 Å². The number of hydrogen-bond donors (Lipinski definition) is 1. The van der Waals surface area contributed by atoms with Crippen LogP contribution in [-0.4, -0.2) is 28.9 Å². The van der Waals surface area contributed by atoms with Gasteiger partial charge in [-0.1, -0.05) is 36.8 Å². The second-order valence-corrected chi connectivity index (χ2v) is 8.37. The molecule has 1 fully saturated rings. The van der Waals surface area contributed by atoms with Crippen molar-refractivity contribution in [1.82, 2.24) is 9.88 Å². The molecule has 1 unspecified atom stereocenters. The summed E-state index contributed by atoms with van der Waals surface area (Å²) in [5.74, 6) is 0.833. The topological polar surface area (TPSA) is 45.2 Å².